The fraction of sp³-hybridized carbons (Fsp3) is 0.615. The van der Waals surface area contributed by atoms with Crippen LogP contribution in [-0.4, -0.2) is 56.6 Å². The summed E-state index contributed by atoms with van der Waals surface area (Å²) in [5.74, 6) is 0.316. The van der Waals surface area contributed by atoms with Crippen molar-refractivity contribution in [2.45, 2.75) is 37.4 Å². The second-order valence-electron chi connectivity index (χ2n) is 5.29. The van der Waals surface area contributed by atoms with E-state index >= 15 is 0 Å². The number of anilines is 1. The summed E-state index contributed by atoms with van der Waals surface area (Å²) in [5, 5.41) is 10.3. The highest BCUT2D eigenvalue weighted by Crippen LogP contribution is 2.33. The average molecular weight is 308 g/mol. The van der Waals surface area contributed by atoms with Crippen LogP contribution >= 0.6 is 0 Å². The van der Waals surface area contributed by atoms with Gasteiger partial charge in [0.05, 0.1) is 18.5 Å². The van der Waals surface area contributed by atoms with Gasteiger partial charge >= 0.3 is 0 Å². The van der Waals surface area contributed by atoms with Gasteiger partial charge in [0.15, 0.2) is 11.5 Å². The van der Waals surface area contributed by atoms with E-state index in [-0.39, 0.29) is 12.3 Å². The van der Waals surface area contributed by atoms with Crippen molar-refractivity contribution < 1.29 is 14.6 Å². The van der Waals surface area contributed by atoms with Gasteiger partial charge in [-0.1, -0.05) is 0 Å². The van der Waals surface area contributed by atoms with Crippen molar-refractivity contribution in [3.63, 3.8) is 0 Å². The number of hydrogen-bond acceptors (Lipinski definition) is 8. The van der Waals surface area contributed by atoms with Crippen LogP contribution in [0, 0.1) is 0 Å². The summed E-state index contributed by atoms with van der Waals surface area (Å²) in [4.78, 5) is 12.3. The summed E-state index contributed by atoms with van der Waals surface area (Å²) in [6, 6.07) is 0. The summed E-state index contributed by atoms with van der Waals surface area (Å²) in [7, 11) is 1.59. The number of nitrogens with zero attached hydrogens (tertiary/aromatic N) is 4. The van der Waals surface area contributed by atoms with Gasteiger partial charge in [0.25, 0.3) is 0 Å². The number of nitrogen functional groups attached to an aromatic ring is 1. The number of aliphatic hydroxyl groups excluding tert-OH is 1. The van der Waals surface area contributed by atoms with Crippen LogP contribution in [0.1, 0.15) is 19.1 Å². The summed E-state index contributed by atoms with van der Waals surface area (Å²) in [6.45, 7) is 0.466. The lowest BCUT2D eigenvalue weighted by molar-refractivity contribution is -0.0957. The molecule has 0 amide bonds. The summed E-state index contributed by atoms with van der Waals surface area (Å²) in [6.07, 6.45) is 2.31. The second kappa shape index (κ2) is 6.13. The lowest BCUT2D eigenvalue weighted by Gasteiger charge is -2.24. The first-order valence-electron chi connectivity index (χ1n) is 7.15. The molecule has 0 bridgehead atoms. The monoisotopic (exact) mass is 308 g/mol. The largest absolute Gasteiger partial charge is 0.390 e. The average Bonchev–Trinajstić information content (AvgIpc) is 3.09. The Morgan fingerprint density at radius 3 is 3.05 bits per heavy atom. The van der Waals surface area contributed by atoms with E-state index in [1.165, 1.54) is 6.33 Å². The van der Waals surface area contributed by atoms with E-state index in [4.69, 9.17) is 20.9 Å². The van der Waals surface area contributed by atoms with Crippen molar-refractivity contribution in [1.82, 2.24) is 19.5 Å². The molecule has 120 valence electrons. The predicted octanol–water partition coefficient (Wildman–Crippen LogP) is -0.579. The first-order chi connectivity index (χ1) is 10.7. The molecular formula is C13H20N6O3. The van der Waals surface area contributed by atoms with E-state index in [9.17, 15) is 5.11 Å². The Hall–Kier alpha value is -1.81. The van der Waals surface area contributed by atoms with Gasteiger partial charge in [-0.25, -0.2) is 15.0 Å². The molecule has 1 aliphatic rings. The molecule has 0 unspecified atom stereocenters. The third kappa shape index (κ3) is 2.52. The Labute approximate surface area is 127 Å². The Balaban J connectivity index is 1.85. The lowest BCUT2D eigenvalue weighted by Crippen LogP contribution is -2.37. The fourth-order valence-corrected chi connectivity index (χ4v) is 2.84. The summed E-state index contributed by atoms with van der Waals surface area (Å²) < 4.78 is 13.1. The number of nitrogens with two attached hydrogens (primary N) is 2. The highest BCUT2D eigenvalue weighted by molar-refractivity contribution is 5.81. The van der Waals surface area contributed by atoms with E-state index < -0.39 is 12.2 Å². The van der Waals surface area contributed by atoms with Crippen molar-refractivity contribution >= 4 is 17.0 Å². The molecule has 0 radical (unpaired) electrons. The summed E-state index contributed by atoms with van der Waals surface area (Å²) in [5.41, 5.74) is 12.5. The maximum Gasteiger partial charge on any atom is 0.167 e. The van der Waals surface area contributed by atoms with Crippen LogP contribution in [0.25, 0.3) is 11.2 Å². The zero-order valence-corrected chi connectivity index (χ0v) is 12.3. The molecule has 2 aromatic rings. The normalized spacial score (nSPS) is 26.6. The molecule has 3 rings (SSSR count). The van der Waals surface area contributed by atoms with Gasteiger partial charge in [0, 0.05) is 13.5 Å². The van der Waals surface area contributed by atoms with E-state index in [1.807, 2.05) is 0 Å². The van der Waals surface area contributed by atoms with Crippen LogP contribution in [0.3, 0.4) is 0 Å². The zero-order valence-electron chi connectivity index (χ0n) is 12.3. The van der Waals surface area contributed by atoms with E-state index in [1.54, 1.807) is 18.0 Å². The molecule has 0 spiro atoms. The maximum absolute atomic E-state index is 10.3. The van der Waals surface area contributed by atoms with Crippen molar-refractivity contribution in [3.8, 4) is 0 Å². The Bertz CT molecular complexity index is 648. The molecular weight excluding hydrogens is 288 g/mol. The van der Waals surface area contributed by atoms with E-state index in [0.29, 0.717) is 36.4 Å². The smallest absolute Gasteiger partial charge is 0.167 e. The molecule has 1 aliphatic heterocycles. The second-order valence-corrected chi connectivity index (χ2v) is 5.29. The molecule has 5 N–H and O–H groups in total. The molecule has 4 atom stereocenters. The molecule has 9 nitrogen and oxygen atoms in total. The van der Waals surface area contributed by atoms with Gasteiger partial charge in [0.1, 0.15) is 24.2 Å². The van der Waals surface area contributed by atoms with Gasteiger partial charge in [-0.3, -0.25) is 4.57 Å². The molecule has 0 saturated carbocycles. The quantitative estimate of drug-likeness (QED) is 0.668. The van der Waals surface area contributed by atoms with Gasteiger partial charge < -0.3 is 26.0 Å². The molecule has 3 heterocycles. The van der Waals surface area contributed by atoms with Gasteiger partial charge in [0.2, 0.25) is 0 Å². The molecule has 1 saturated heterocycles. The first kappa shape index (κ1) is 15.1. The van der Waals surface area contributed by atoms with Crippen molar-refractivity contribution in [3.05, 3.63) is 12.7 Å². The lowest BCUT2D eigenvalue weighted by atomic mass is 10.0. The molecule has 1 fully saturated rings. The van der Waals surface area contributed by atoms with Crippen molar-refractivity contribution in [1.29, 1.82) is 0 Å². The van der Waals surface area contributed by atoms with Crippen LogP contribution in [0.5, 0.6) is 0 Å². The topological polar surface area (TPSA) is 134 Å². The Morgan fingerprint density at radius 1 is 1.50 bits per heavy atom. The number of rotatable bonds is 5. The SMILES string of the molecule is CO[C@@H](CCN)[C@H]1O[C@@H](n2cnc3c(N)ncnc32)C[C@@H]1O. The standard InChI is InChI=1S/C13H20N6O3/c1-21-8(2-3-14)11-7(20)4-9(22-11)19-6-18-10-12(15)16-5-17-13(10)19/h5-9,11,20H,2-4,14H2,1H3,(H2,15,16,17)/t7-,8-,9+,11-/m0/s1. The zero-order chi connectivity index (χ0) is 15.7. The molecule has 2 aromatic heterocycles. The molecule has 0 aliphatic carbocycles. The maximum atomic E-state index is 10.3. The highest BCUT2D eigenvalue weighted by Gasteiger charge is 2.40. The molecule has 9 heteroatoms. The number of methoxy groups -OCH3 is 1. The minimum atomic E-state index is -0.641. The minimum absolute atomic E-state index is 0.250. The predicted molar refractivity (Wildman–Crippen MR) is 78.7 cm³/mol. The number of aromatic nitrogens is 4. The Kier molecular flexibility index (Phi) is 4.21. The minimum Gasteiger partial charge on any atom is -0.390 e. The van der Waals surface area contributed by atoms with Crippen LogP contribution < -0.4 is 11.5 Å². The van der Waals surface area contributed by atoms with Crippen LogP contribution in [0.15, 0.2) is 12.7 Å². The van der Waals surface area contributed by atoms with Crippen LogP contribution in [-0.2, 0) is 9.47 Å². The fourth-order valence-electron chi connectivity index (χ4n) is 2.84. The summed E-state index contributed by atoms with van der Waals surface area (Å²) >= 11 is 0. The van der Waals surface area contributed by atoms with Gasteiger partial charge in [-0.15, -0.1) is 0 Å². The molecule has 22 heavy (non-hydrogen) atoms. The van der Waals surface area contributed by atoms with Crippen molar-refractivity contribution in [2.24, 2.45) is 5.73 Å². The van der Waals surface area contributed by atoms with Crippen LogP contribution in [0.2, 0.25) is 0 Å². The van der Waals surface area contributed by atoms with Gasteiger partial charge in [-0.2, -0.15) is 0 Å². The van der Waals surface area contributed by atoms with E-state index in [2.05, 4.69) is 15.0 Å². The Morgan fingerprint density at radius 2 is 2.32 bits per heavy atom. The number of imidazole rings is 1. The number of ether oxygens (including phenoxy) is 2. The third-order valence-electron chi connectivity index (χ3n) is 3.95. The third-order valence-corrected chi connectivity index (χ3v) is 3.95. The van der Waals surface area contributed by atoms with Crippen LogP contribution in [0.4, 0.5) is 5.82 Å². The number of fused-ring (bicyclic) bond motifs is 1. The van der Waals surface area contributed by atoms with Crippen molar-refractivity contribution in [2.75, 3.05) is 19.4 Å². The first-order valence-corrected chi connectivity index (χ1v) is 7.15. The van der Waals surface area contributed by atoms with Gasteiger partial charge in [-0.05, 0) is 13.0 Å². The molecule has 0 aromatic carbocycles. The van der Waals surface area contributed by atoms with E-state index in [0.717, 1.165) is 0 Å². The highest BCUT2D eigenvalue weighted by atomic mass is 16.6. The number of aliphatic hydroxyl groups is 1. The number of hydrogen-bond donors (Lipinski definition) is 3.